The molecule has 0 radical (unpaired) electrons. The van der Waals surface area contributed by atoms with Gasteiger partial charge in [0.1, 0.15) is 0 Å². The molecule has 0 rings (SSSR count). The summed E-state index contributed by atoms with van der Waals surface area (Å²) in [6.45, 7) is 2.04. The first-order chi connectivity index (χ1) is 5.41. The van der Waals surface area contributed by atoms with Crippen LogP contribution in [-0.4, -0.2) is 5.88 Å². The molecule has 0 aliphatic heterocycles. The number of alkyl halides is 1. The monoisotopic (exact) mass is 168 g/mol. The van der Waals surface area contributed by atoms with Crippen LogP contribution in [0.1, 0.15) is 32.6 Å². The second kappa shape index (κ2) is 9.41. The van der Waals surface area contributed by atoms with E-state index >= 15 is 0 Å². The third-order valence-electron chi connectivity index (χ3n) is 1.04. The van der Waals surface area contributed by atoms with E-state index in [2.05, 4.69) is 23.7 Å². The van der Waals surface area contributed by atoms with Crippen molar-refractivity contribution in [1.82, 2.24) is 0 Å². The lowest BCUT2D eigenvalue weighted by Crippen LogP contribution is -1.70. The molecule has 0 amide bonds. The summed E-state index contributed by atoms with van der Waals surface area (Å²) in [5, 5.41) is 0. The molecule has 0 spiro atoms. The molecule has 60 valence electrons. The van der Waals surface area contributed by atoms with Crippen LogP contribution in [0.25, 0.3) is 0 Å². The Morgan fingerprint density at radius 3 is 2.45 bits per heavy atom. The number of hydrogen-bond acceptors (Lipinski definition) is 0. The highest BCUT2D eigenvalue weighted by atomic mass is 35.5. The van der Waals surface area contributed by atoms with E-state index in [0.717, 1.165) is 19.3 Å². The van der Waals surface area contributed by atoms with E-state index in [1.807, 2.05) is 6.92 Å². The highest BCUT2D eigenvalue weighted by Gasteiger charge is 1.76. The molecule has 0 N–H and O–H groups in total. The van der Waals surface area contributed by atoms with Crippen molar-refractivity contribution < 1.29 is 0 Å². The van der Waals surface area contributed by atoms with Crippen molar-refractivity contribution in [2.45, 2.75) is 32.6 Å². The topological polar surface area (TPSA) is 0 Å². The van der Waals surface area contributed by atoms with E-state index in [1.54, 1.807) is 0 Å². The minimum absolute atomic E-state index is 0.704. The molecule has 1 heteroatoms. The van der Waals surface area contributed by atoms with Crippen LogP contribution in [-0.2, 0) is 0 Å². The summed E-state index contributed by atoms with van der Waals surface area (Å²) < 4.78 is 0. The van der Waals surface area contributed by atoms with Gasteiger partial charge in [-0.15, -0.1) is 23.4 Å². The highest BCUT2D eigenvalue weighted by molar-refractivity contribution is 6.17. The van der Waals surface area contributed by atoms with Gasteiger partial charge in [-0.3, -0.25) is 0 Å². The van der Waals surface area contributed by atoms with E-state index in [0.29, 0.717) is 12.3 Å². The van der Waals surface area contributed by atoms with Crippen molar-refractivity contribution in [3.63, 3.8) is 0 Å². The van der Waals surface area contributed by atoms with Crippen LogP contribution in [0.15, 0.2) is 0 Å². The summed E-state index contributed by atoms with van der Waals surface area (Å²) in [6.07, 6.45) is 3.51. The Balaban J connectivity index is 3.25. The van der Waals surface area contributed by atoms with Gasteiger partial charge in [-0.2, -0.15) is 0 Å². The molecule has 0 aromatic rings. The smallest absolute Gasteiger partial charge is 0.0702 e. The molecule has 0 fully saturated rings. The van der Waals surface area contributed by atoms with Crippen LogP contribution < -0.4 is 0 Å². The predicted octanol–water partition coefficient (Wildman–Crippen LogP) is 2.81. The first kappa shape index (κ1) is 10.4. The molecule has 0 nitrogen and oxygen atoms in total. The molecular formula is C10H13Cl. The second-order valence-corrected chi connectivity index (χ2v) is 2.41. The standard InChI is InChI=1S/C10H13Cl/c1-2-3-4-5-6-7-8-9-10-11/h2,5,8-10H2,1H3. The normalized spacial score (nSPS) is 7.45. The Labute approximate surface area is 74.3 Å². The third-order valence-corrected chi connectivity index (χ3v) is 1.31. The Hall–Kier alpha value is -0.590. The summed E-state index contributed by atoms with van der Waals surface area (Å²) in [5.41, 5.74) is 0. The molecule has 0 atom stereocenters. The molecule has 0 aliphatic rings. The molecule has 0 bridgehead atoms. The minimum atomic E-state index is 0.704. The number of halogens is 1. The second-order valence-electron chi connectivity index (χ2n) is 2.03. The number of rotatable bonds is 2. The van der Waals surface area contributed by atoms with Crippen molar-refractivity contribution in [2.24, 2.45) is 0 Å². The zero-order chi connectivity index (χ0) is 8.36. The van der Waals surface area contributed by atoms with Gasteiger partial charge in [0.15, 0.2) is 0 Å². The van der Waals surface area contributed by atoms with Gasteiger partial charge in [0, 0.05) is 18.7 Å². The zero-order valence-electron chi connectivity index (χ0n) is 6.91. The SMILES string of the molecule is CCC#CCC#CCCCCl. The summed E-state index contributed by atoms with van der Waals surface area (Å²) >= 11 is 5.47. The maximum Gasteiger partial charge on any atom is 0.0702 e. The molecule has 0 aromatic heterocycles. The Morgan fingerprint density at radius 1 is 1.09 bits per heavy atom. The quantitative estimate of drug-likeness (QED) is 0.338. The minimum Gasteiger partial charge on any atom is -0.127 e. The van der Waals surface area contributed by atoms with E-state index in [1.165, 1.54) is 0 Å². The van der Waals surface area contributed by atoms with E-state index in [9.17, 15) is 0 Å². The van der Waals surface area contributed by atoms with E-state index < -0.39 is 0 Å². The fourth-order valence-electron chi connectivity index (χ4n) is 0.538. The molecule has 0 aliphatic carbocycles. The lowest BCUT2D eigenvalue weighted by molar-refractivity contribution is 0.990. The summed E-state index contributed by atoms with van der Waals surface area (Å²) in [4.78, 5) is 0. The van der Waals surface area contributed by atoms with Gasteiger partial charge in [-0.1, -0.05) is 18.8 Å². The van der Waals surface area contributed by atoms with Crippen molar-refractivity contribution in [3.8, 4) is 23.7 Å². The fraction of sp³-hybridized carbons (Fsp3) is 0.600. The Kier molecular flexibility index (Phi) is 8.91. The van der Waals surface area contributed by atoms with Crippen LogP contribution in [0.4, 0.5) is 0 Å². The van der Waals surface area contributed by atoms with Crippen LogP contribution >= 0.6 is 11.6 Å². The van der Waals surface area contributed by atoms with Crippen molar-refractivity contribution >= 4 is 11.6 Å². The highest BCUT2D eigenvalue weighted by Crippen LogP contribution is 1.88. The molecule has 0 saturated carbocycles. The van der Waals surface area contributed by atoms with Gasteiger partial charge in [0.2, 0.25) is 0 Å². The first-order valence-electron chi connectivity index (χ1n) is 3.89. The first-order valence-corrected chi connectivity index (χ1v) is 4.42. The van der Waals surface area contributed by atoms with Crippen molar-refractivity contribution in [1.29, 1.82) is 0 Å². The molecule has 0 aromatic carbocycles. The van der Waals surface area contributed by atoms with Gasteiger partial charge >= 0.3 is 0 Å². The van der Waals surface area contributed by atoms with Gasteiger partial charge in [-0.25, -0.2) is 0 Å². The average Bonchev–Trinajstić information content (AvgIpc) is 2.03. The van der Waals surface area contributed by atoms with Gasteiger partial charge in [0.25, 0.3) is 0 Å². The molecule has 11 heavy (non-hydrogen) atoms. The lowest BCUT2D eigenvalue weighted by Gasteiger charge is -1.80. The maximum atomic E-state index is 5.47. The molecule has 0 saturated heterocycles. The molecular weight excluding hydrogens is 156 g/mol. The van der Waals surface area contributed by atoms with Gasteiger partial charge in [0.05, 0.1) is 6.42 Å². The zero-order valence-corrected chi connectivity index (χ0v) is 7.67. The van der Waals surface area contributed by atoms with Gasteiger partial charge < -0.3 is 0 Å². The van der Waals surface area contributed by atoms with E-state index in [-0.39, 0.29) is 0 Å². The fourth-order valence-corrected chi connectivity index (χ4v) is 0.671. The summed E-state index contributed by atoms with van der Waals surface area (Å²) in [7, 11) is 0. The van der Waals surface area contributed by atoms with Crippen LogP contribution in [0, 0.1) is 23.7 Å². The Bertz CT molecular complexity index is 184. The number of unbranched alkanes of at least 4 members (excludes halogenated alkanes) is 1. The maximum absolute atomic E-state index is 5.47. The van der Waals surface area contributed by atoms with Crippen LogP contribution in [0.3, 0.4) is 0 Å². The van der Waals surface area contributed by atoms with Crippen molar-refractivity contribution in [3.05, 3.63) is 0 Å². The van der Waals surface area contributed by atoms with E-state index in [4.69, 9.17) is 11.6 Å². The van der Waals surface area contributed by atoms with Crippen molar-refractivity contribution in [2.75, 3.05) is 5.88 Å². The lowest BCUT2D eigenvalue weighted by atomic mass is 10.3. The van der Waals surface area contributed by atoms with Gasteiger partial charge in [-0.05, 0) is 6.42 Å². The van der Waals surface area contributed by atoms with Crippen LogP contribution in [0.5, 0.6) is 0 Å². The van der Waals surface area contributed by atoms with Crippen LogP contribution in [0.2, 0.25) is 0 Å². The largest absolute Gasteiger partial charge is 0.127 e. The predicted molar refractivity (Wildman–Crippen MR) is 50.4 cm³/mol. The summed E-state index contributed by atoms with van der Waals surface area (Å²) in [6, 6.07) is 0. The number of hydrogen-bond donors (Lipinski definition) is 0. The third kappa shape index (κ3) is 9.41. The molecule has 0 unspecified atom stereocenters. The Morgan fingerprint density at radius 2 is 1.82 bits per heavy atom. The average molecular weight is 169 g/mol. The molecule has 0 heterocycles. The summed E-state index contributed by atoms with van der Waals surface area (Å²) in [5.74, 6) is 12.6.